The normalized spacial score (nSPS) is 10.4. The van der Waals surface area contributed by atoms with Crippen molar-refractivity contribution in [2.24, 2.45) is 0 Å². The quantitative estimate of drug-likeness (QED) is 0.828. The molecular weight excluding hydrogens is 200 g/mol. The van der Waals surface area contributed by atoms with E-state index in [4.69, 9.17) is 9.47 Å². The Morgan fingerprint density at radius 2 is 1.93 bits per heavy atom. The third-order valence-corrected chi connectivity index (χ3v) is 3.06. The van der Waals surface area contributed by atoms with Gasteiger partial charge >= 0.3 is 0 Å². The average Bonchev–Trinajstić information content (AvgIpc) is 2.58. The number of aromatic hydroxyl groups is 1. The van der Waals surface area contributed by atoms with Crippen LogP contribution in [0, 0.1) is 0 Å². The van der Waals surface area contributed by atoms with E-state index in [2.05, 4.69) is 0 Å². The molecule has 3 nitrogen and oxygen atoms in total. The van der Waals surface area contributed by atoms with Crippen molar-refractivity contribution in [1.82, 2.24) is 0 Å². The zero-order valence-electron chi connectivity index (χ0n) is 7.90. The van der Waals surface area contributed by atoms with Crippen molar-refractivity contribution >= 4 is 21.4 Å². The van der Waals surface area contributed by atoms with Gasteiger partial charge in [0.2, 0.25) is 0 Å². The van der Waals surface area contributed by atoms with Crippen molar-refractivity contribution in [2.75, 3.05) is 14.2 Å². The maximum Gasteiger partial charge on any atom is 0.174 e. The molecule has 0 amide bonds. The Bertz CT molecular complexity index is 462. The van der Waals surface area contributed by atoms with Crippen LogP contribution in [-0.2, 0) is 0 Å². The molecule has 2 rings (SSSR count). The van der Waals surface area contributed by atoms with E-state index in [0.29, 0.717) is 5.75 Å². The summed E-state index contributed by atoms with van der Waals surface area (Å²) in [7, 11) is 3.16. The number of methoxy groups -OCH3 is 2. The monoisotopic (exact) mass is 210 g/mol. The second kappa shape index (κ2) is 3.38. The van der Waals surface area contributed by atoms with Gasteiger partial charge in [-0.2, -0.15) is 0 Å². The Morgan fingerprint density at radius 1 is 1.14 bits per heavy atom. The van der Waals surface area contributed by atoms with Gasteiger partial charge in [-0.05, 0) is 12.1 Å². The summed E-state index contributed by atoms with van der Waals surface area (Å²) in [6.07, 6.45) is 0. The molecule has 2 aromatic rings. The van der Waals surface area contributed by atoms with Gasteiger partial charge in [-0.15, -0.1) is 0 Å². The molecule has 0 fully saturated rings. The fraction of sp³-hybridized carbons (Fsp3) is 0.200. The van der Waals surface area contributed by atoms with Gasteiger partial charge in [-0.25, -0.2) is 0 Å². The highest BCUT2D eigenvalue weighted by atomic mass is 32.1. The number of ether oxygens (including phenoxy) is 2. The number of phenolic OH excluding ortho intramolecular Hbond substituents is 1. The number of phenols is 1. The van der Waals surface area contributed by atoms with Gasteiger partial charge < -0.3 is 14.6 Å². The summed E-state index contributed by atoms with van der Waals surface area (Å²) in [6, 6.07) is 5.37. The van der Waals surface area contributed by atoms with E-state index in [1.54, 1.807) is 19.2 Å². The van der Waals surface area contributed by atoms with E-state index in [0.717, 1.165) is 15.1 Å². The largest absolute Gasteiger partial charge is 0.504 e. The molecule has 0 aliphatic heterocycles. The Balaban J connectivity index is 2.64. The van der Waals surface area contributed by atoms with Crippen molar-refractivity contribution in [2.45, 2.75) is 0 Å². The minimum Gasteiger partial charge on any atom is -0.504 e. The number of hydrogen-bond donors (Lipinski definition) is 1. The van der Waals surface area contributed by atoms with Crippen LogP contribution in [0.2, 0.25) is 0 Å². The Kier molecular flexibility index (Phi) is 2.21. The topological polar surface area (TPSA) is 38.7 Å². The second-order valence-electron chi connectivity index (χ2n) is 2.83. The molecule has 0 unspecified atom stereocenters. The van der Waals surface area contributed by atoms with Gasteiger partial charge in [0.1, 0.15) is 0 Å². The number of rotatable bonds is 2. The summed E-state index contributed by atoms with van der Waals surface area (Å²) in [5, 5.41) is 11.3. The third-order valence-electron chi connectivity index (χ3n) is 2.00. The molecule has 0 spiro atoms. The van der Waals surface area contributed by atoms with Crippen LogP contribution in [-0.4, -0.2) is 19.3 Å². The van der Waals surface area contributed by atoms with E-state index in [9.17, 15) is 5.11 Å². The highest BCUT2D eigenvalue weighted by Crippen LogP contribution is 2.38. The predicted octanol–water partition coefficient (Wildman–Crippen LogP) is 2.62. The molecule has 0 radical (unpaired) electrons. The number of hydrogen-bond acceptors (Lipinski definition) is 4. The molecule has 0 aliphatic rings. The van der Waals surface area contributed by atoms with Crippen LogP contribution >= 0.6 is 11.3 Å². The number of fused-ring (bicyclic) bond motifs is 1. The highest BCUT2D eigenvalue weighted by molar-refractivity contribution is 7.20. The molecular formula is C10H10O3S. The Labute approximate surface area is 85.5 Å². The van der Waals surface area contributed by atoms with E-state index in [1.165, 1.54) is 18.4 Å². The zero-order chi connectivity index (χ0) is 10.1. The summed E-state index contributed by atoms with van der Waals surface area (Å²) < 4.78 is 11.2. The fourth-order valence-corrected chi connectivity index (χ4v) is 2.18. The van der Waals surface area contributed by atoms with Crippen LogP contribution in [0.25, 0.3) is 10.1 Å². The summed E-state index contributed by atoms with van der Waals surface area (Å²) in [5.74, 6) is 0.641. The molecule has 0 saturated heterocycles. The van der Waals surface area contributed by atoms with Crippen LogP contribution in [0.1, 0.15) is 0 Å². The minimum absolute atomic E-state index is 0.153. The maximum absolute atomic E-state index is 9.53. The average molecular weight is 210 g/mol. The first-order valence-corrected chi connectivity index (χ1v) is 4.91. The molecule has 0 aliphatic carbocycles. The lowest BCUT2D eigenvalue weighted by molar-refractivity contribution is 0.374. The van der Waals surface area contributed by atoms with Crippen molar-refractivity contribution in [3.8, 4) is 16.6 Å². The van der Waals surface area contributed by atoms with Gasteiger partial charge in [0, 0.05) is 16.2 Å². The molecule has 1 heterocycles. The molecule has 1 aromatic carbocycles. The van der Waals surface area contributed by atoms with Crippen molar-refractivity contribution in [1.29, 1.82) is 0 Å². The van der Waals surface area contributed by atoms with Crippen LogP contribution in [0.5, 0.6) is 16.6 Å². The smallest absolute Gasteiger partial charge is 0.174 e. The lowest BCUT2D eigenvalue weighted by atomic mass is 10.2. The summed E-state index contributed by atoms with van der Waals surface area (Å²) in [6.45, 7) is 0. The molecule has 0 atom stereocenters. The van der Waals surface area contributed by atoms with E-state index in [-0.39, 0.29) is 5.75 Å². The number of benzene rings is 1. The SMILES string of the molecule is COc1cc2cc(O)c(OC)cc2s1. The van der Waals surface area contributed by atoms with Crippen molar-refractivity contribution < 1.29 is 14.6 Å². The summed E-state index contributed by atoms with van der Waals surface area (Å²) in [4.78, 5) is 0. The first-order valence-electron chi connectivity index (χ1n) is 4.09. The van der Waals surface area contributed by atoms with Crippen LogP contribution in [0.15, 0.2) is 18.2 Å². The standard InChI is InChI=1S/C10H10O3S/c1-12-8-5-9-6(3-7(8)11)4-10(13-2)14-9/h3-5,11H,1-2H3. The molecule has 0 saturated carbocycles. The lowest BCUT2D eigenvalue weighted by Crippen LogP contribution is -1.81. The predicted molar refractivity (Wildman–Crippen MR) is 56.6 cm³/mol. The molecule has 74 valence electrons. The van der Waals surface area contributed by atoms with Crippen LogP contribution < -0.4 is 9.47 Å². The molecule has 4 heteroatoms. The van der Waals surface area contributed by atoms with Crippen LogP contribution in [0.3, 0.4) is 0 Å². The van der Waals surface area contributed by atoms with Gasteiger partial charge in [0.15, 0.2) is 16.6 Å². The second-order valence-corrected chi connectivity index (χ2v) is 3.88. The molecule has 1 aromatic heterocycles. The van der Waals surface area contributed by atoms with Gasteiger partial charge in [0.25, 0.3) is 0 Å². The number of thiophene rings is 1. The molecule has 14 heavy (non-hydrogen) atoms. The van der Waals surface area contributed by atoms with E-state index in [1.807, 2.05) is 6.07 Å². The third kappa shape index (κ3) is 1.37. The summed E-state index contributed by atoms with van der Waals surface area (Å²) in [5.41, 5.74) is 0. The van der Waals surface area contributed by atoms with E-state index >= 15 is 0 Å². The first kappa shape index (κ1) is 9.15. The van der Waals surface area contributed by atoms with E-state index < -0.39 is 0 Å². The van der Waals surface area contributed by atoms with Gasteiger partial charge in [-0.3, -0.25) is 0 Å². The Hall–Kier alpha value is -1.42. The molecule has 1 N–H and O–H groups in total. The van der Waals surface area contributed by atoms with Crippen molar-refractivity contribution in [3.05, 3.63) is 18.2 Å². The fourth-order valence-electron chi connectivity index (χ4n) is 1.30. The molecule has 0 bridgehead atoms. The minimum atomic E-state index is 0.153. The summed E-state index contributed by atoms with van der Waals surface area (Å²) >= 11 is 1.52. The van der Waals surface area contributed by atoms with Crippen LogP contribution in [0.4, 0.5) is 0 Å². The zero-order valence-corrected chi connectivity index (χ0v) is 8.72. The van der Waals surface area contributed by atoms with Gasteiger partial charge in [0.05, 0.1) is 14.2 Å². The first-order chi connectivity index (χ1) is 6.74. The van der Waals surface area contributed by atoms with Crippen molar-refractivity contribution in [3.63, 3.8) is 0 Å². The van der Waals surface area contributed by atoms with Gasteiger partial charge in [-0.1, -0.05) is 11.3 Å². The Morgan fingerprint density at radius 3 is 2.57 bits per heavy atom. The highest BCUT2D eigenvalue weighted by Gasteiger charge is 2.07. The lowest BCUT2D eigenvalue weighted by Gasteiger charge is -2.01. The maximum atomic E-state index is 9.53.